The molecule has 148 valence electrons. The van der Waals surface area contributed by atoms with Gasteiger partial charge >= 0.3 is 5.97 Å². The van der Waals surface area contributed by atoms with Crippen molar-refractivity contribution in [1.82, 2.24) is 4.90 Å². The summed E-state index contributed by atoms with van der Waals surface area (Å²) in [6.45, 7) is 2.06. The summed E-state index contributed by atoms with van der Waals surface area (Å²) in [6.07, 6.45) is 0.517. The first kappa shape index (κ1) is 22.8. The number of carboxylic acids is 1. The monoisotopic (exact) mass is 394 g/mol. The van der Waals surface area contributed by atoms with E-state index < -0.39 is 21.8 Å². The minimum Gasteiger partial charge on any atom is -0.726 e. The highest BCUT2D eigenvalue weighted by Gasteiger charge is 2.43. The molecule has 1 unspecified atom stereocenters. The van der Waals surface area contributed by atoms with Gasteiger partial charge in [-0.25, -0.2) is 8.42 Å². The number of rotatable bonds is 6. The fourth-order valence-corrected chi connectivity index (χ4v) is 2.81. The molecule has 0 aliphatic heterocycles. The SMILES string of the molecule is CC(CC(C(=O)O)(c1ccccc1)c1ccccc1)N(C)C.O=S(=O)([O-])O. The van der Waals surface area contributed by atoms with Crippen molar-refractivity contribution in [2.24, 2.45) is 0 Å². The molecule has 0 saturated heterocycles. The lowest BCUT2D eigenvalue weighted by Crippen LogP contribution is -2.43. The maximum absolute atomic E-state index is 12.4. The van der Waals surface area contributed by atoms with Crippen LogP contribution in [-0.4, -0.2) is 53.6 Å². The van der Waals surface area contributed by atoms with Crippen LogP contribution in [0.2, 0.25) is 0 Å². The minimum absolute atomic E-state index is 0.136. The van der Waals surface area contributed by atoms with Crippen LogP contribution in [0.1, 0.15) is 24.5 Å². The van der Waals surface area contributed by atoms with E-state index in [1.807, 2.05) is 74.8 Å². The summed E-state index contributed by atoms with van der Waals surface area (Å²) in [5, 5.41) is 10.1. The zero-order valence-corrected chi connectivity index (χ0v) is 16.3. The zero-order chi connectivity index (χ0) is 20.7. The molecule has 2 aromatic rings. The van der Waals surface area contributed by atoms with Crippen LogP contribution in [-0.2, 0) is 20.6 Å². The second-order valence-electron chi connectivity index (χ2n) is 6.39. The number of hydrogen-bond donors (Lipinski definition) is 2. The molecule has 0 spiro atoms. The third-order valence-corrected chi connectivity index (χ3v) is 4.38. The maximum atomic E-state index is 12.4. The largest absolute Gasteiger partial charge is 0.726 e. The van der Waals surface area contributed by atoms with Crippen molar-refractivity contribution in [3.8, 4) is 0 Å². The smallest absolute Gasteiger partial charge is 0.318 e. The second-order valence-corrected chi connectivity index (χ2v) is 7.24. The van der Waals surface area contributed by atoms with Crippen molar-refractivity contribution in [2.45, 2.75) is 24.8 Å². The molecule has 0 radical (unpaired) electrons. The fraction of sp³-hybridized carbons (Fsp3) is 0.316. The summed E-state index contributed by atoms with van der Waals surface area (Å²) in [5.41, 5.74) is 0.608. The highest BCUT2D eigenvalue weighted by Crippen LogP contribution is 2.37. The van der Waals surface area contributed by atoms with Crippen molar-refractivity contribution >= 4 is 16.4 Å². The summed E-state index contributed by atoms with van der Waals surface area (Å²) in [4.78, 5) is 14.4. The Balaban J connectivity index is 0.000000646. The summed E-state index contributed by atoms with van der Waals surface area (Å²) in [7, 11) is -0.958. The lowest BCUT2D eigenvalue weighted by Gasteiger charge is -2.35. The Morgan fingerprint density at radius 1 is 1.04 bits per heavy atom. The molecule has 2 aromatic carbocycles. The molecule has 0 saturated carbocycles. The van der Waals surface area contributed by atoms with Gasteiger partial charge in [0.1, 0.15) is 5.41 Å². The van der Waals surface area contributed by atoms with Gasteiger partial charge in [0.25, 0.3) is 0 Å². The van der Waals surface area contributed by atoms with Crippen molar-refractivity contribution in [2.75, 3.05) is 14.1 Å². The third-order valence-electron chi connectivity index (χ3n) is 4.38. The lowest BCUT2D eigenvalue weighted by atomic mass is 9.70. The van der Waals surface area contributed by atoms with Crippen LogP contribution in [0, 0.1) is 0 Å². The number of carbonyl (C=O) groups is 1. The Morgan fingerprint density at radius 2 is 1.37 bits per heavy atom. The van der Waals surface area contributed by atoms with Crippen LogP contribution in [0.4, 0.5) is 0 Å². The molecule has 0 aliphatic rings. The van der Waals surface area contributed by atoms with Gasteiger partial charge in [0.15, 0.2) is 0 Å². The Bertz CT molecular complexity index is 774. The molecule has 2 rings (SSSR count). The molecule has 7 nitrogen and oxygen atoms in total. The van der Waals surface area contributed by atoms with Crippen LogP contribution in [0.15, 0.2) is 60.7 Å². The third kappa shape index (κ3) is 6.76. The number of aliphatic carboxylic acids is 1. The van der Waals surface area contributed by atoms with Gasteiger partial charge in [-0.05, 0) is 38.6 Å². The topological polar surface area (TPSA) is 118 Å². The average Bonchev–Trinajstić information content (AvgIpc) is 2.59. The Hall–Kier alpha value is -2.26. The van der Waals surface area contributed by atoms with Crippen LogP contribution in [0.5, 0.6) is 0 Å². The van der Waals surface area contributed by atoms with Crippen molar-refractivity contribution in [1.29, 1.82) is 0 Å². The Morgan fingerprint density at radius 3 is 1.63 bits per heavy atom. The van der Waals surface area contributed by atoms with E-state index in [1.165, 1.54) is 0 Å². The molecule has 0 bridgehead atoms. The molecular formula is C19H24NO6S-. The molecule has 2 N–H and O–H groups in total. The standard InChI is InChI=1S/C19H23NO2.H2O4S/c1-15(20(2)3)14-19(18(21)22,16-10-6-4-7-11-16)17-12-8-5-9-13-17;1-5(2,3)4/h4-13,15H,14H2,1-3H3,(H,21,22);(H2,1,2,3,4)/p-1. The minimum atomic E-state index is -4.92. The van der Waals surface area contributed by atoms with Gasteiger partial charge in [0, 0.05) is 6.04 Å². The summed E-state index contributed by atoms with van der Waals surface area (Å²) in [5.74, 6) is -0.807. The van der Waals surface area contributed by atoms with E-state index in [4.69, 9.17) is 17.5 Å². The van der Waals surface area contributed by atoms with Crippen molar-refractivity contribution < 1.29 is 27.4 Å². The van der Waals surface area contributed by atoms with Crippen LogP contribution in [0.3, 0.4) is 0 Å². The van der Waals surface area contributed by atoms with E-state index in [0.29, 0.717) is 6.42 Å². The molecule has 1 atom stereocenters. The van der Waals surface area contributed by atoms with Gasteiger partial charge in [-0.15, -0.1) is 0 Å². The maximum Gasteiger partial charge on any atom is 0.318 e. The normalized spacial score (nSPS) is 12.8. The first-order valence-corrected chi connectivity index (χ1v) is 9.54. The van der Waals surface area contributed by atoms with E-state index in [2.05, 4.69) is 11.8 Å². The van der Waals surface area contributed by atoms with E-state index in [0.717, 1.165) is 11.1 Å². The van der Waals surface area contributed by atoms with Gasteiger partial charge in [-0.3, -0.25) is 9.35 Å². The highest BCUT2D eigenvalue weighted by atomic mass is 32.3. The highest BCUT2D eigenvalue weighted by molar-refractivity contribution is 7.79. The molecule has 0 fully saturated rings. The Kier molecular flexibility index (Phi) is 8.11. The van der Waals surface area contributed by atoms with Gasteiger partial charge in [-0.2, -0.15) is 0 Å². The molecular weight excluding hydrogens is 370 g/mol. The number of benzene rings is 2. The predicted octanol–water partition coefficient (Wildman–Crippen LogP) is 2.40. The first-order valence-electron chi connectivity index (χ1n) is 8.17. The van der Waals surface area contributed by atoms with E-state index in [-0.39, 0.29) is 6.04 Å². The molecule has 8 heteroatoms. The number of nitrogens with zero attached hydrogens (tertiary/aromatic N) is 1. The number of carboxylic acid groups (broad SMARTS) is 1. The van der Waals surface area contributed by atoms with Gasteiger partial charge in [0.05, 0.1) is 0 Å². The number of hydrogen-bond acceptors (Lipinski definition) is 5. The molecule has 0 heterocycles. The fourth-order valence-electron chi connectivity index (χ4n) is 2.81. The lowest BCUT2D eigenvalue weighted by molar-refractivity contribution is -0.142. The van der Waals surface area contributed by atoms with Crippen LogP contribution < -0.4 is 0 Å². The molecule has 0 aromatic heterocycles. The van der Waals surface area contributed by atoms with Gasteiger partial charge in [0.2, 0.25) is 10.4 Å². The summed E-state index contributed by atoms with van der Waals surface area (Å²) < 4.78 is 32.8. The quantitative estimate of drug-likeness (QED) is 0.570. The second kappa shape index (κ2) is 9.61. The van der Waals surface area contributed by atoms with E-state index >= 15 is 0 Å². The van der Waals surface area contributed by atoms with E-state index in [9.17, 15) is 9.90 Å². The first-order chi connectivity index (χ1) is 12.5. The molecule has 0 amide bonds. The summed E-state index contributed by atoms with van der Waals surface area (Å²) in [6, 6.07) is 19.2. The van der Waals surface area contributed by atoms with Crippen molar-refractivity contribution in [3.63, 3.8) is 0 Å². The summed E-state index contributed by atoms with van der Waals surface area (Å²) >= 11 is 0. The van der Waals surface area contributed by atoms with Crippen LogP contribution in [0.25, 0.3) is 0 Å². The average molecular weight is 394 g/mol. The van der Waals surface area contributed by atoms with E-state index in [1.54, 1.807) is 0 Å². The predicted molar refractivity (Wildman–Crippen MR) is 101 cm³/mol. The van der Waals surface area contributed by atoms with Crippen LogP contribution >= 0.6 is 0 Å². The van der Waals surface area contributed by atoms with Gasteiger partial charge in [-0.1, -0.05) is 60.7 Å². The van der Waals surface area contributed by atoms with Crippen molar-refractivity contribution in [3.05, 3.63) is 71.8 Å². The molecule has 27 heavy (non-hydrogen) atoms. The zero-order valence-electron chi connectivity index (χ0n) is 15.4. The van der Waals surface area contributed by atoms with Gasteiger partial charge < -0.3 is 14.6 Å². The molecule has 0 aliphatic carbocycles. The Labute approximate surface area is 159 Å².